The zero-order valence-electron chi connectivity index (χ0n) is 16.8. The summed E-state index contributed by atoms with van der Waals surface area (Å²) in [4.78, 5) is 22.0. The van der Waals surface area contributed by atoms with Gasteiger partial charge in [0, 0.05) is 25.9 Å². The topological polar surface area (TPSA) is 69.5 Å². The third-order valence-electron chi connectivity index (χ3n) is 6.64. The van der Waals surface area contributed by atoms with Crippen LogP contribution in [0.3, 0.4) is 0 Å². The van der Waals surface area contributed by atoms with Crippen molar-refractivity contribution in [2.45, 2.75) is 50.5 Å². The summed E-state index contributed by atoms with van der Waals surface area (Å²) in [6, 6.07) is 12.2. The second-order valence-corrected chi connectivity index (χ2v) is 8.33. The number of nitrogens with zero attached hydrogens (tertiary/aromatic N) is 4. The first-order chi connectivity index (χ1) is 14.5. The Morgan fingerprint density at radius 2 is 2.03 bits per heavy atom. The Bertz CT molecular complexity index is 1040. The monoisotopic (exact) mass is 406 g/mol. The van der Waals surface area contributed by atoms with Gasteiger partial charge in [0.25, 0.3) is 5.91 Å². The lowest BCUT2D eigenvalue weighted by Crippen LogP contribution is -2.50. The number of hydrogen-bond acceptors (Lipinski definition) is 5. The van der Waals surface area contributed by atoms with E-state index in [1.54, 1.807) is 12.1 Å². The van der Waals surface area contributed by atoms with Crippen LogP contribution in [-0.2, 0) is 9.53 Å². The minimum Gasteiger partial charge on any atom is -0.356 e. The van der Waals surface area contributed by atoms with E-state index in [1.807, 2.05) is 24.0 Å². The Morgan fingerprint density at radius 3 is 2.73 bits per heavy atom. The number of carbonyl (C=O) groups excluding carboxylic acids is 1. The van der Waals surface area contributed by atoms with Crippen LogP contribution in [0.2, 0.25) is 0 Å². The first-order valence-corrected chi connectivity index (χ1v) is 10.4. The Labute approximate surface area is 174 Å². The molecule has 3 fully saturated rings. The summed E-state index contributed by atoms with van der Waals surface area (Å²) in [5.74, 6) is 0.574. The Balaban J connectivity index is 1.32. The van der Waals surface area contributed by atoms with E-state index in [4.69, 9.17) is 10.00 Å². The van der Waals surface area contributed by atoms with Crippen LogP contribution < -0.4 is 4.90 Å². The number of pyridine rings is 1. The lowest BCUT2D eigenvalue weighted by atomic mass is 9.89. The van der Waals surface area contributed by atoms with E-state index in [9.17, 15) is 9.18 Å². The standard InChI is InChI=1S/C23H23FN4O2/c1-15-17(14-25)5-7-20(26-15)27-11-9-23(10-12-27)22(29)28-19(6-8-21(28)30-23)16-3-2-4-18(24)13-16/h2-5,7,13,19,21H,6,8-12H2,1H3. The predicted molar refractivity (Wildman–Crippen MR) is 108 cm³/mol. The Hall–Kier alpha value is -2.98. The van der Waals surface area contributed by atoms with Crippen LogP contribution in [0.5, 0.6) is 0 Å². The van der Waals surface area contributed by atoms with Crippen molar-refractivity contribution < 1.29 is 13.9 Å². The molecule has 2 aromatic rings. The van der Waals surface area contributed by atoms with Crippen LogP contribution in [0.4, 0.5) is 10.2 Å². The highest BCUT2D eigenvalue weighted by molar-refractivity contribution is 5.88. The van der Waals surface area contributed by atoms with Crippen molar-refractivity contribution in [2.75, 3.05) is 18.0 Å². The fraction of sp³-hybridized carbons (Fsp3) is 0.435. The van der Waals surface area contributed by atoms with Gasteiger partial charge in [-0.05, 0) is 49.6 Å². The summed E-state index contributed by atoms with van der Waals surface area (Å²) in [5.41, 5.74) is 1.32. The number of nitriles is 1. The van der Waals surface area contributed by atoms with Gasteiger partial charge in [0.2, 0.25) is 0 Å². The first kappa shape index (κ1) is 19.0. The summed E-state index contributed by atoms with van der Waals surface area (Å²) in [6.45, 7) is 3.16. The molecular weight excluding hydrogens is 383 g/mol. The zero-order valence-corrected chi connectivity index (χ0v) is 16.8. The molecule has 1 aromatic heterocycles. The molecule has 0 saturated carbocycles. The molecule has 154 valence electrons. The van der Waals surface area contributed by atoms with Gasteiger partial charge in [-0.1, -0.05) is 12.1 Å². The highest BCUT2D eigenvalue weighted by Crippen LogP contribution is 2.47. The molecule has 3 aliphatic heterocycles. The number of aryl methyl sites for hydroxylation is 1. The number of anilines is 1. The average molecular weight is 406 g/mol. The average Bonchev–Trinajstić information content (AvgIpc) is 3.27. The molecule has 1 aromatic carbocycles. The molecule has 30 heavy (non-hydrogen) atoms. The Kier molecular flexibility index (Phi) is 4.48. The second-order valence-electron chi connectivity index (χ2n) is 8.33. The number of benzene rings is 1. The maximum atomic E-state index is 13.7. The largest absolute Gasteiger partial charge is 0.356 e. The SMILES string of the molecule is Cc1nc(N2CCC3(CC2)OC2CCC(c4cccc(F)c4)N2C3=O)ccc1C#N. The van der Waals surface area contributed by atoms with Gasteiger partial charge in [-0.3, -0.25) is 4.79 Å². The number of piperidine rings is 1. The lowest BCUT2D eigenvalue weighted by molar-refractivity contribution is -0.140. The van der Waals surface area contributed by atoms with Gasteiger partial charge in [0.05, 0.1) is 17.3 Å². The van der Waals surface area contributed by atoms with Crippen LogP contribution >= 0.6 is 0 Å². The third-order valence-corrected chi connectivity index (χ3v) is 6.64. The van der Waals surface area contributed by atoms with Gasteiger partial charge in [-0.25, -0.2) is 9.37 Å². The van der Waals surface area contributed by atoms with E-state index in [0.29, 0.717) is 37.2 Å². The molecule has 1 spiro atoms. The third kappa shape index (κ3) is 2.94. The molecule has 0 aliphatic carbocycles. The van der Waals surface area contributed by atoms with Crippen molar-refractivity contribution >= 4 is 11.7 Å². The summed E-state index contributed by atoms with van der Waals surface area (Å²) in [5, 5.41) is 9.10. The molecule has 2 unspecified atom stereocenters. The molecule has 2 atom stereocenters. The van der Waals surface area contributed by atoms with Gasteiger partial charge in [0.1, 0.15) is 23.9 Å². The number of aromatic nitrogens is 1. The number of carbonyl (C=O) groups is 1. The predicted octanol–water partition coefficient (Wildman–Crippen LogP) is 3.46. The van der Waals surface area contributed by atoms with Gasteiger partial charge in [-0.2, -0.15) is 5.26 Å². The molecule has 0 N–H and O–H groups in total. The van der Waals surface area contributed by atoms with E-state index in [-0.39, 0.29) is 24.0 Å². The van der Waals surface area contributed by atoms with Gasteiger partial charge >= 0.3 is 0 Å². The molecule has 7 heteroatoms. The number of rotatable bonds is 2. The van der Waals surface area contributed by atoms with E-state index in [2.05, 4.69) is 16.0 Å². The number of amides is 1. The van der Waals surface area contributed by atoms with Crippen LogP contribution in [0.25, 0.3) is 0 Å². The summed E-state index contributed by atoms with van der Waals surface area (Å²) >= 11 is 0. The maximum Gasteiger partial charge on any atom is 0.257 e. The fourth-order valence-corrected chi connectivity index (χ4v) is 5.03. The van der Waals surface area contributed by atoms with E-state index < -0.39 is 5.60 Å². The van der Waals surface area contributed by atoms with Crippen molar-refractivity contribution in [3.8, 4) is 6.07 Å². The van der Waals surface area contributed by atoms with Crippen LogP contribution in [0.1, 0.15) is 48.5 Å². The van der Waals surface area contributed by atoms with Crippen molar-refractivity contribution in [2.24, 2.45) is 0 Å². The summed E-state index contributed by atoms with van der Waals surface area (Å²) in [6.07, 6.45) is 2.52. The normalized spacial score (nSPS) is 24.9. The number of halogens is 1. The molecule has 5 rings (SSSR count). The highest BCUT2D eigenvalue weighted by atomic mass is 19.1. The van der Waals surface area contributed by atoms with Crippen LogP contribution in [0.15, 0.2) is 36.4 Å². The van der Waals surface area contributed by atoms with Crippen LogP contribution in [-0.4, -0.2) is 40.7 Å². The van der Waals surface area contributed by atoms with E-state index >= 15 is 0 Å². The maximum absolute atomic E-state index is 13.7. The smallest absolute Gasteiger partial charge is 0.257 e. The Morgan fingerprint density at radius 1 is 1.23 bits per heavy atom. The van der Waals surface area contributed by atoms with Crippen molar-refractivity contribution in [1.82, 2.24) is 9.88 Å². The molecule has 3 aliphatic rings. The fourth-order valence-electron chi connectivity index (χ4n) is 5.03. The molecule has 0 radical (unpaired) electrons. The minimum absolute atomic E-state index is 0.0304. The summed E-state index contributed by atoms with van der Waals surface area (Å²) < 4.78 is 20.1. The van der Waals surface area contributed by atoms with Crippen molar-refractivity contribution in [3.63, 3.8) is 0 Å². The molecular formula is C23H23FN4O2. The van der Waals surface area contributed by atoms with Crippen molar-refractivity contribution in [1.29, 1.82) is 5.26 Å². The van der Waals surface area contributed by atoms with Gasteiger partial charge in [-0.15, -0.1) is 0 Å². The van der Waals surface area contributed by atoms with Crippen molar-refractivity contribution in [3.05, 3.63) is 59.0 Å². The summed E-state index contributed by atoms with van der Waals surface area (Å²) in [7, 11) is 0. The van der Waals surface area contributed by atoms with Crippen LogP contribution in [0, 0.1) is 24.1 Å². The molecule has 1 amide bonds. The molecule has 3 saturated heterocycles. The van der Waals surface area contributed by atoms with E-state index in [0.717, 1.165) is 24.2 Å². The zero-order chi connectivity index (χ0) is 20.9. The minimum atomic E-state index is -0.797. The molecule has 4 heterocycles. The van der Waals surface area contributed by atoms with Gasteiger partial charge < -0.3 is 14.5 Å². The first-order valence-electron chi connectivity index (χ1n) is 10.4. The second kappa shape index (κ2) is 7.06. The highest BCUT2D eigenvalue weighted by Gasteiger charge is 2.58. The molecule has 0 bridgehead atoms. The number of fused-ring (bicyclic) bond motifs is 1. The van der Waals surface area contributed by atoms with Gasteiger partial charge in [0.15, 0.2) is 5.60 Å². The number of ether oxygens (including phenoxy) is 1. The lowest BCUT2D eigenvalue weighted by Gasteiger charge is -2.38. The van der Waals surface area contributed by atoms with E-state index in [1.165, 1.54) is 12.1 Å². The number of hydrogen-bond donors (Lipinski definition) is 0. The quantitative estimate of drug-likeness (QED) is 0.764. The molecule has 6 nitrogen and oxygen atoms in total.